The number of carbonyl (C=O) groups excluding carboxylic acids is 1. The van der Waals surface area contributed by atoms with Gasteiger partial charge in [-0.05, 0) is 49.2 Å². The number of nitrogens with one attached hydrogen (secondary N) is 1. The van der Waals surface area contributed by atoms with Gasteiger partial charge in [-0.3, -0.25) is 14.5 Å². The first kappa shape index (κ1) is 17.9. The van der Waals surface area contributed by atoms with Gasteiger partial charge in [-0.25, -0.2) is 0 Å². The number of aromatic nitrogens is 3. The molecule has 0 atom stereocenters. The van der Waals surface area contributed by atoms with Crippen LogP contribution in [0.15, 0.2) is 67.0 Å². The molecule has 4 aromatic rings. The van der Waals surface area contributed by atoms with Crippen LogP contribution in [-0.2, 0) is 13.1 Å². The molecular weight excluding hydrogens is 348 g/mol. The Morgan fingerprint density at radius 3 is 2.71 bits per heavy atom. The number of rotatable bonds is 5. The Balaban J connectivity index is 1.52. The van der Waals surface area contributed by atoms with Crippen LogP contribution < -0.4 is 5.32 Å². The summed E-state index contributed by atoms with van der Waals surface area (Å²) in [6.07, 6.45) is 3.71. The summed E-state index contributed by atoms with van der Waals surface area (Å²) < 4.78 is 1.88. The first-order chi connectivity index (χ1) is 13.6. The zero-order chi connectivity index (χ0) is 19.5. The van der Waals surface area contributed by atoms with E-state index in [4.69, 9.17) is 0 Å². The zero-order valence-electron chi connectivity index (χ0n) is 16.0. The molecular formula is C23H22N4O. The molecule has 0 radical (unpaired) electrons. The average Bonchev–Trinajstić information content (AvgIpc) is 3.19. The van der Waals surface area contributed by atoms with E-state index in [1.807, 2.05) is 67.2 Å². The average molecular weight is 370 g/mol. The summed E-state index contributed by atoms with van der Waals surface area (Å²) >= 11 is 0. The first-order valence-corrected chi connectivity index (χ1v) is 9.30. The van der Waals surface area contributed by atoms with E-state index in [0.717, 1.165) is 33.3 Å². The maximum Gasteiger partial charge on any atom is 0.252 e. The normalized spacial score (nSPS) is 10.9. The Kier molecular flexibility index (Phi) is 4.89. The third-order valence-electron chi connectivity index (χ3n) is 4.69. The summed E-state index contributed by atoms with van der Waals surface area (Å²) in [5, 5.41) is 8.18. The van der Waals surface area contributed by atoms with E-state index < -0.39 is 0 Å². The van der Waals surface area contributed by atoms with Crippen LogP contribution in [-0.4, -0.2) is 20.7 Å². The Bertz CT molecular complexity index is 1130. The Morgan fingerprint density at radius 2 is 1.89 bits per heavy atom. The lowest BCUT2D eigenvalue weighted by molar-refractivity contribution is 0.0952. The maximum atomic E-state index is 12.9. The molecule has 0 aliphatic carbocycles. The Morgan fingerprint density at radius 1 is 1.04 bits per heavy atom. The standard InChI is InChI=1S/C23H22N4O/c1-16-7-8-22-20(11-16)21(12-17(2)26-22)23(28)24-14-18-5-3-6-19(13-18)15-27-10-4-9-25-27/h3-13H,14-15H2,1-2H3,(H,24,28). The van der Waals surface area contributed by atoms with Crippen LogP contribution in [0.25, 0.3) is 10.9 Å². The smallest absolute Gasteiger partial charge is 0.252 e. The fourth-order valence-corrected chi connectivity index (χ4v) is 3.36. The van der Waals surface area contributed by atoms with Crippen molar-refractivity contribution in [2.75, 3.05) is 0 Å². The van der Waals surface area contributed by atoms with Gasteiger partial charge >= 0.3 is 0 Å². The summed E-state index contributed by atoms with van der Waals surface area (Å²) in [6.45, 7) is 5.11. The van der Waals surface area contributed by atoms with Gasteiger partial charge in [0.05, 0.1) is 17.6 Å². The van der Waals surface area contributed by atoms with Gasteiger partial charge in [-0.2, -0.15) is 5.10 Å². The fourth-order valence-electron chi connectivity index (χ4n) is 3.36. The van der Waals surface area contributed by atoms with Crippen molar-refractivity contribution in [2.24, 2.45) is 0 Å². The third kappa shape index (κ3) is 3.93. The number of hydrogen-bond donors (Lipinski definition) is 1. The Hall–Kier alpha value is -3.47. The van der Waals surface area contributed by atoms with Crippen LogP contribution in [0.4, 0.5) is 0 Å². The highest BCUT2D eigenvalue weighted by Gasteiger charge is 2.12. The van der Waals surface area contributed by atoms with Gasteiger partial charge in [0, 0.05) is 30.0 Å². The van der Waals surface area contributed by atoms with Crippen molar-refractivity contribution in [3.05, 3.63) is 94.9 Å². The summed E-state index contributed by atoms with van der Waals surface area (Å²) in [5.41, 5.74) is 5.66. The van der Waals surface area contributed by atoms with Gasteiger partial charge in [0.1, 0.15) is 0 Å². The number of nitrogens with zero attached hydrogens (tertiary/aromatic N) is 3. The monoisotopic (exact) mass is 370 g/mol. The number of carbonyl (C=O) groups is 1. The molecule has 0 spiro atoms. The van der Waals surface area contributed by atoms with Crippen LogP contribution in [0.1, 0.15) is 32.7 Å². The predicted molar refractivity (Wildman–Crippen MR) is 110 cm³/mol. The van der Waals surface area contributed by atoms with E-state index in [9.17, 15) is 4.79 Å². The number of fused-ring (bicyclic) bond motifs is 1. The molecule has 0 aliphatic rings. The molecule has 2 aromatic carbocycles. The van der Waals surface area contributed by atoms with Gasteiger partial charge in [0.25, 0.3) is 5.91 Å². The van der Waals surface area contributed by atoms with Crippen LogP contribution in [0, 0.1) is 13.8 Å². The lowest BCUT2D eigenvalue weighted by Gasteiger charge is -2.11. The number of hydrogen-bond acceptors (Lipinski definition) is 3. The lowest BCUT2D eigenvalue weighted by atomic mass is 10.0. The highest BCUT2D eigenvalue weighted by atomic mass is 16.1. The summed E-state index contributed by atoms with van der Waals surface area (Å²) in [4.78, 5) is 17.4. The molecule has 0 aliphatic heterocycles. The molecule has 2 heterocycles. The first-order valence-electron chi connectivity index (χ1n) is 9.30. The molecule has 2 aromatic heterocycles. The molecule has 1 N–H and O–H groups in total. The van der Waals surface area contributed by atoms with Crippen molar-refractivity contribution in [1.29, 1.82) is 0 Å². The van der Waals surface area contributed by atoms with Crippen molar-refractivity contribution in [3.63, 3.8) is 0 Å². The van der Waals surface area contributed by atoms with Gasteiger partial charge < -0.3 is 5.32 Å². The van der Waals surface area contributed by atoms with E-state index in [1.54, 1.807) is 6.20 Å². The van der Waals surface area contributed by atoms with Crippen LogP contribution >= 0.6 is 0 Å². The minimum absolute atomic E-state index is 0.0846. The predicted octanol–water partition coefficient (Wildman–Crippen LogP) is 4.03. The van der Waals surface area contributed by atoms with Gasteiger partial charge in [-0.1, -0.05) is 35.9 Å². The molecule has 140 valence electrons. The van der Waals surface area contributed by atoms with Crippen molar-refractivity contribution in [3.8, 4) is 0 Å². The summed E-state index contributed by atoms with van der Waals surface area (Å²) in [5.74, 6) is -0.0846. The van der Waals surface area contributed by atoms with Crippen molar-refractivity contribution in [1.82, 2.24) is 20.1 Å². The maximum absolute atomic E-state index is 12.9. The molecule has 0 bridgehead atoms. The summed E-state index contributed by atoms with van der Waals surface area (Å²) in [6, 6.07) is 18.0. The molecule has 0 fully saturated rings. The highest BCUT2D eigenvalue weighted by molar-refractivity contribution is 6.06. The van der Waals surface area contributed by atoms with E-state index >= 15 is 0 Å². The summed E-state index contributed by atoms with van der Waals surface area (Å²) in [7, 11) is 0. The minimum Gasteiger partial charge on any atom is -0.348 e. The van der Waals surface area contributed by atoms with E-state index in [-0.39, 0.29) is 5.91 Å². The zero-order valence-corrected chi connectivity index (χ0v) is 16.0. The van der Waals surface area contributed by atoms with Gasteiger partial charge in [0.2, 0.25) is 0 Å². The molecule has 5 nitrogen and oxygen atoms in total. The second-order valence-electron chi connectivity index (χ2n) is 7.04. The topological polar surface area (TPSA) is 59.8 Å². The molecule has 0 saturated heterocycles. The molecule has 1 amide bonds. The third-order valence-corrected chi connectivity index (χ3v) is 4.69. The number of aryl methyl sites for hydroxylation is 2. The second kappa shape index (κ2) is 7.64. The van der Waals surface area contributed by atoms with Crippen molar-refractivity contribution >= 4 is 16.8 Å². The van der Waals surface area contributed by atoms with Crippen LogP contribution in [0.5, 0.6) is 0 Å². The van der Waals surface area contributed by atoms with Crippen molar-refractivity contribution < 1.29 is 4.79 Å². The van der Waals surface area contributed by atoms with Crippen molar-refractivity contribution in [2.45, 2.75) is 26.9 Å². The largest absolute Gasteiger partial charge is 0.348 e. The van der Waals surface area contributed by atoms with Gasteiger partial charge in [0.15, 0.2) is 0 Å². The fraction of sp³-hybridized carbons (Fsp3) is 0.174. The van der Waals surface area contributed by atoms with Crippen LogP contribution in [0.2, 0.25) is 0 Å². The molecule has 4 rings (SSSR count). The number of pyridine rings is 1. The lowest BCUT2D eigenvalue weighted by Crippen LogP contribution is -2.23. The molecule has 0 saturated carbocycles. The number of benzene rings is 2. The molecule has 0 unspecified atom stereocenters. The van der Waals surface area contributed by atoms with E-state index in [2.05, 4.69) is 27.5 Å². The van der Waals surface area contributed by atoms with E-state index in [0.29, 0.717) is 18.7 Å². The van der Waals surface area contributed by atoms with Gasteiger partial charge in [-0.15, -0.1) is 0 Å². The van der Waals surface area contributed by atoms with Crippen LogP contribution in [0.3, 0.4) is 0 Å². The quantitative estimate of drug-likeness (QED) is 0.577. The van der Waals surface area contributed by atoms with E-state index in [1.165, 1.54) is 0 Å². The second-order valence-corrected chi connectivity index (χ2v) is 7.04. The highest BCUT2D eigenvalue weighted by Crippen LogP contribution is 2.20. The molecule has 28 heavy (non-hydrogen) atoms. The minimum atomic E-state index is -0.0846. The molecule has 5 heteroatoms. The Labute approximate surface area is 164 Å². The SMILES string of the molecule is Cc1ccc2nc(C)cc(C(=O)NCc3cccc(Cn4cccn4)c3)c2c1. The number of amides is 1.